The molecule has 0 spiro atoms. The quantitative estimate of drug-likeness (QED) is 0.724. The number of carbonyl (C=O) groups is 2. The lowest BCUT2D eigenvalue weighted by atomic mass is 10.1. The van der Waals surface area contributed by atoms with Crippen LogP contribution in [0, 0.1) is 5.82 Å². The summed E-state index contributed by atoms with van der Waals surface area (Å²) in [6, 6.07) is 21.6. The molecule has 0 radical (unpaired) electrons. The van der Waals surface area contributed by atoms with Crippen LogP contribution < -0.4 is 10.6 Å². The number of halogens is 1. The van der Waals surface area contributed by atoms with Crippen LogP contribution in [0.15, 0.2) is 78.9 Å². The monoisotopic (exact) mass is 348 g/mol. The Morgan fingerprint density at radius 1 is 0.769 bits per heavy atom. The van der Waals surface area contributed by atoms with Gasteiger partial charge in [0.2, 0.25) is 5.91 Å². The van der Waals surface area contributed by atoms with Crippen LogP contribution in [-0.2, 0) is 11.2 Å². The molecule has 3 aromatic rings. The molecule has 0 saturated heterocycles. The predicted molar refractivity (Wildman–Crippen MR) is 99.6 cm³/mol. The SMILES string of the molecule is O=C(Cc1ccccc1)Nc1cccc(C(=O)Nc2ccc(F)cc2)c1. The van der Waals surface area contributed by atoms with Crippen LogP contribution in [0.2, 0.25) is 0 Å². The molecular formula is C21H17FN2O2. The van der Waals surface area contributed by atoms with Gasteiger partial charge in [0.25, 0.3) is 5.91 Å². The first-order valence-electron chi connectivity index (χ1n) is 8.11. The number of hydrogen-bond acceptors (Lipinski definition) is 2. The van der Waals surface area contributed by atoms with Crippen molar-refractivity contribution in [2.75, 3.05) is 10.6 Å². The number of nitrogens with one attached hydrogen (secondary N) is 2. The van der Waals surface area contributed by atoms with Crippen molar-refractivity contribution in [2.24, 2.45) is 0 Å². The summed E-state index contributed by atoms with van der Waals surface area (Å²) in [6.45, 7) is 0. The summed E-state index contributed by atoms with van der Waals surface area (Å²) in [5.41, 5.74) is 2.34. The van der Waals surface area contributed by atoms with E-state index in [0.29, 0.717) is 16.9 Å². The van der Waals surface area contributed by atoms with E-state index in [4.69, 9.17) is 0 Å². The minimum Gasteiger partial charge on any atom is -0.326 e. The van der Waals surface area contributed by atoms with E-state index < -0.39 is 0 Å². The molecule has 3 rings (SSSR count). The Kier molecular flexibility index (Phi) is 5.39. The molecule has 0 heterocycles. The molecule has 4 nitrogen and oxygen atoms in total. The first-order chi connectivity index (χ1) is 12.6. The van der Waals surface area contributed by atoms with Crippen LogP contribution >= 0.6 is 0 Å². The molecule has 130 valence electrons. The van der Waals surface area contributed by atoms with Gasteiger partial charge in [-0.2, -0.15) is 0 Å². The molecule has 5 heteroatoms. The summed E-state index contributed by atoms with van der Waals surface area (Å²) < 4.78 is 12.9. The van der Waals surface area contributed by atoms with Crippen molar-refractivity contribution in [3.05, 3.63) is 95.8 Å². The van der Waals surface area contributed by atoms with Crippen molar-refractivity contribution in [1.29, 1.82) is 0 Å². The van der Waals surface area contributed by atoms with Gasteiger partial charge in [-0.15, -0.1) is 0 Å². The molecule has 26 heavy (non-hydrogen) atoms. The summed E-state index contributed by atoms with van der Waals surface area (Å²) in [4.78, 5) is 24.4. The third kappa shape index (κ3) is 4.77. The van der Waals surface area contributed by atoms with E-state index in [1.54, 1.807) is 24.3 Å². The summed E-state index contributed by atoms with van der Waals surface area (Å²) >= 11 is 0. The second kappa shape index (κ2) is 8.07. The van der Waals surface area contributed by atoms with Gasteiger partial charge in [0.15, 0.2) is 0 Å². The number of amides is 2. The summed E-state index contributed by atoms with van der Waals surface area (Å²) in [5.74, 6) is -0.866. The van der Waals surface area contributed by atoms with E-state index in [-0.39, 0.29) is 24.1 Å². The lowest BCUT2D eigenvalue weighted by Crippen LogP contribution is -2.16. The zero-order valence-electron chi connectivity index (χ0n) is 13.9. The zero-order chi connectivity index (χ0) is 18.4. The van der Waals surface area contributed by atoms with Crippen LogP contribution in [0.25, 0.3) is 0 Å². The van der Waals surface area contributed by atoms with Gasteiger partial charge >= 0.3 is 0 Å². The van der Waals surface area contributed by atoms with Crippen molar-refractivity contribution in [3.63, 3.8) is 0 Å². The average Bonchev–Trinajstić information content (AvgIpc) is 2.64. The van der Waals surface area contributed by atoms with E-state index >= 15 is 0 Å². The summed E-state index contributed by atoms with van der Waals surface area (Å²) in [6.07, 6.45) is 0.257. The minimum atomic E-state index is -0.369. The minimum absolute atomic E-state index is 0.160. The summed E-state index contributed by atoms with van der Waals surface area (Å²) in [7, 11) is 0. The second-order valence-corrected chi connectivity index (χ2v) is 5.75. The summed E-state index contributed by atoms with van der Waals surface area (Å²) in [5, 5.41) is 5.48. The Morgan fingerprint density at radius 2 is 1.50 bits per heavy atom. The third-order valence-electron chi connectivity index (χ3n) is 3.72. The highest BCUT2D eigenvalue weighted by Gasteiger charge is 2.09. The molecular weight excluding hydrogens is 331 g/mol. The highest BCUT2D eigenvalue weighted by atomic mass is 19.1. The van der Waals surface area contributed by atoms with Gasteiger partial charge in [0.1, 0.15) is 5.82 Å². The van der Waals surface area contributed by atoms with Gasteiger partial charge in [-0.3, -0.25) is 9.59 Å². The van der Waals surface area contributed by atoms with E-state index in [2.05, 4.69) is 10.6 Å². The normalized spacial score (nSPS) is 10.2. The standard InChI is InChI=1S/C21H17FN2O2/c22-17-9-11-18(12-10-17)24-21(26)16-7-4-8-19(14-16)23-20(25)13-15-5-2-1-3-6-15/h1-12,14H,13H2,(H,23,25)(H,24,26). The molecule has 0 aliphatic heterocycles. The van der Waals surface area contributed by atoms with Gasteiger partial charge in [-0.05, 0) is 48.0 Å². The number of anilines is 2. The fourth-order valence-corrected chi connectivity index (χ4v) is 2.46. The average molecular weight is 348 g/mol. The zero-order valence-corrected chi connectivity index (χ0v) is 13.9. The van der Waals surface area contributed by atoms with E-state index in [1.807, 2.05) is 30.3 Å². The van der Waals surface area contributed by atoms with E-state index in [1.165, 1.54) is 24.3 Å². The Hall–Kier alpha value is -3.47. The van der Waals surface area contributed by atoms with Crippen molar-refractivity contribution in [1.82, 2.24) is 0 Å². The fraction of sp³-hybridized carbons (Fsp3) is 0.0476. The number of hydrogen-bond donors (Lipinski definition) is 2. The molecule has 0 aliphatic carbocycles. The molecule has 0 fully saturated rings. The second-order valence-electron chi connectivity index (χ2n) is 5.75. The predicted octanol–water partition coefficient (Wildman–Crippen LogP) is 4.26. The Labute approximate surface area is 150 Å². The topological polar surface area (TPSA) is 58.2 Å². The number of rotatable bonds is 5. The van der Waals surface area contributed by atoms with E-state index in [9.17, 15) is 14.0 Å². The lowest BCUT2D eigenvalue weighted by molar-refractivity contribution is -0.115. The maximum atomic E-state index is 12.9. The molecule has 0 aliphatic rings. The van der Waals surface area contributed by atoms with Gasteiger partial charge in [-0.1, -0.05) is 36.4 Å². The van der Waals surface area contributed by atoms with Crippen LogP contribution in [-0.4, -0.2) is 11.8 Å². The van der Waals surface area contributed by atoms with Crippen LogP contribution in [0.5, 0.6) is 0 Å². The van der Waals surface area contributed by atoms with Crippen molar-refractivity contribution < 1.29 is 14.0 Å². The first-order valence-corrected chi connectivity index (χ1v) is 8.11. The molecule has 0 saturated carbocycles. The first kappa shape index (κ1) is 17.4. The van der Waals surface area contributed by atoms with Crippen molar-refractivity contribution in [2.45, 2.75) is 6.42 Å². The Morgan fingerprint density at radius 3 is 2.23 bits per heavy atom. The molecule has 0 atom stereocenters. The smallest absolute Gasteiger partial charge is 0.255 e. The van der Waals surface area contributed by atoms with E-state index in [0.717, 1.165) is 5.56 Å². The van der Waals surface area contributed by atoms with Gasteiger partial charge < -0.3 is 10.6 Å². The van der Waals surface area contributed by atoms with Crippen molar-refractivity contribution in [3.8, 4) is 0 Å². The molecule has 2 N–H and O–H groups in total. The Balaban J connectivity index is 1.64. The van der Waals surface area contributed by atoms with Gasteiger partial charge in [-0.25, -0.2) is 4.39 Å². The highest BCUT2D eigenvalue weighted by molar-refractivity contribution is 6.05. The molecule has 2 amide bonds. The number of benzene rings is 3. The Bertz CT molecular complexity index is 909. The lowest BCUT2D eigenvalue weighted by Gasteiger charge is -2.09. The molecule has 0 unspecified atom stereocenters. The molecule has 0 aromatic heterocycles. The van der Waals surface area contributed by atoms with Crippen LogP contribution in [0.4, 0.5) is 15.8 Å². The maximum absolute atomic E-state index is 12.9. The fourth-order valence-electron chi connectivity index (χ4n) is 2.46. The number of carbonyl (C=O) groups excluding carboxylic acids is 2. The largest absolute Gasteiger partial charge is 0.326 e. The van der Waals surface area contributed by atoms with Crippen molar-refractivity contribution >= 4 is 23.2 Å². The van der Waals surface area contributed by atoms with Gasteiger partial charge in [0, 0.05) is 16.9 Å². The molecule has 3 aromatic carbocycles. The highest BCUT2D eigenvalue weighted by Crippen LogP contribution is 2.15. The van der Waals surface area contributed by atoms with Crippen LogP contribution in [0.1, 0.15) is 15.9 Å². The maximum Gasteiger partial charge on any atom is 0.255 e. The third-order valence-corrected chi connectivity index (χ3v) is 3.72. The molecule has 0 bridgehead atoms. The van der Waals surface area contributed by atoms with Gasteiger partial charge in [0.05, 0.1) is 6.42 Å². The van der Waals surface area contributed by atoms with Crippen LogP contribution in [0.3, 0.4) is 0 Å².